The van der Waals surface area contributed by atoms with Crippen LogP contribution in [0.1, 0.15) is 81.6 Å². The summed E-state index contributed by atoms with van der Waals surface area (Å²) >= 11 is 0. The van der Waals surface area contributed by atoms with E-state index in [0.29, 0.717) is 6.42 Å². The van der Waals surface area contributed by atoms with Gasteiger partial charge in [-0.25, -0.2) is 4.79 Å². The molecular weight excluding hydrogens is 474 g/mol. The SMILES string of the molecule is CCC1(O)C(O)C[C@H](C)[C@@]2(C)C(=O)[C@H](C)C3=C(C)C(OC(=O)C(O)C(C)NC)CC(O)(C(C)C12)C3(C)C. The second kappa shape index (κ2) is 9.70. The molecule has 2 bridgehead atoms. The number of nitrogens with one attached hydrogen (secondary N) is 1. The van der Waals surface area contributed by atoms with Crippen LogP contribution in [0, 0.1) is 34.5 Å². The quantitative estimate of drug-likeness (QED) is 0.274. The highest BCUT2D eigenvalue weighted by Gasteiger charge is 2.70. The van der Waals surface area contributed by atoms with E-state index in [1.54, 1.807) is 20.9 Å². The number of hydrogen-bond acceptors (Lipinski definition) is 8. The summed E-state index contributed by atoms with van der Waals surface area (Å²) in [6.45, 7) is 16.7. The number of rotatable bonds is 5. The Bertz CT molecular complexity index is 962. The van der Waals surface area contributed by atoms with Crippen LogP contribution in [0.15, 0.2) is 11.1 Å². The van der Waals surface area contributed by atoms with Crippen LogP contribution in [0.2, 0.25) is 0 Å². The van der Waals surface area contributed by atoms with Crippen LogP contribution in [-0.2, 0) is 14.3 Å². The average Bonchev–Trinajstić information content (AvgIpc) is 2.83. The van der Waals surface area contributed by atoms with Gasteiger partial charge in [-0.15, -0.1) is 0 Å². The van der Waals surface area contributed by atoms with Gasteiger partial charge in [-0.3, -0.25) is 4.79 Å². The summed E-state index contributed by atoms with van der Waals surface area (Å²) in [6.07, 6.45) is -2.68. The summed E-state index contributed by atoms with van der Waals surface area (Å²) in [5.41, 5.74) is -3.46. The van der Waals surface area contributed by atoms with Crippen molar-refractivity contribution in [2.45, 2.75) is 117 Å². The lowest BCUT2D eigenvalue weighted by atomic mass is 9.41. The smallest absolute Gasteiger partial charge is 0.337 e. The van der Waals surface area contributed by atoms with E-state index >= 15 is 0 Å². The number of Topliss-reactive ketones (excluding diaryl/α,β-unsaturated/α-hetero) is 1. The molecule has 0 amide bonds. The van der Waals surface area contributed by atoms with Crippen molar-refractivity contribution in [2.24, 2.45) is 34.5 Å². The third-order valence-electron chi connectivity index (χ3n) is 11.1. The first-order chi connectivity index (χ1) is 16.9. The predicted octanol–water partition coefficient (Wildman–Crippen LogP) is 2.36. The molecule has 0 aromatic heterocycles. The molecule has 2 fully saturated rings. The molecule has 8 unspecified atom stereocenters. The van der Waals surface area contributed by atoms with Gasteiger partial charge in [-0.05, 0) is 56.7 Å². The highest BCUT2D eigenvalue weighted by atomic mass is 16.6. The fourth-order valence-electron chi connectivity index (χ4n) is 8.42. The number of aliphatic hydroxyl groups is 4. The molecule has 0 saturated heterocycles. The number of ketones is 1. The van der Waals surface area contributed by atoms with Crippen molar-refractivity contribution >= 4 is 11.8 Å². The van der Waals surface area contributed by atoms with Crippen LogP contribution in [0.25, 0.3) is 0 Å². The minimum atomic E-state index is -1.57. The zero-order valence-electron chi connectivity index (χ0n) is 24.3. The molecule has 212 valence electrons. The second-order valence-electron chi connectivity index (χ2n) is 12.9. The summed E-state index contributed by atoms with van der Waals surface area (Å²) < 4.78 is 5.82. The third-order valence-corrected chi connectivity index (χ3v) is 11.1. The van der Waals surface area contributed by atoms with E-state index < -0.39 is 70.1 Å². The van der Waals surface area contributed by atoms with E-state index in [1.807, 2.05) is 48.5 Å². The highest BCUT2D eigenvalue weighted by Crippen LogP contribution is 2.65. The van der Waals surface area contributed by atoms with E-state index in [9.17, 15) is 30.0 Å². The predicted molar refractivity (Wildman–Crippen MR) is 140 cm³/mol. The van der Waals surface area contributed by atoms with Gasteiger partial charge in [-0.2, -0.15) is 0 Å². The Morgan fingerprint density at radius 1 is 1.19 bits per heavy atom. The number of fused-ring (bicyclic) bond motifs is 3. The van der Waals surface area contributed by atoms with Crippen molar-refractivity contribution in [3.8, 4) is 0 Å². The van der Waals surface area contributed by atoms with Crippen LogP contribution in [-0.4, -0.2) is 74.8 Å². The number of aliphatic hydroxyl groups excluding tert-OH is 2. The van der Waals surface area contributed by atoms with Crippen molar-refractivity contribution in [1.82, 2.24) is 5.32 Å². The minimum absolute atomic E-state index is 0.0316. The molecule has 0 radical (unpaired) electrons. The maximum atomic E-state index is 14.5. The van der Waals surface area contributed by atoms with Gasteiger partial charge >= 0.3 is 5.97 Å². The molecule has 0 aliphatic heterocycles. The molecular formula is C29H49NO7. The molecule has 3 rings (SSSR count). The summed E-state index contributed by atoms with van der Waals surface area (Å²) in [4.78, 5) is 27.3. The van der Waals surface area contributed by atoms with E-state index in [0.717, 1.165) is 11.1 Å². The Labute approximate surface area is 221 Å². The van der Waals surface area contributed by atoms with Crippen LogP contribution >= 0.6 is 0 Å². The zero-order chi connectivity index (χ0) is 28.5. The molecule has 8 nitrogen and oxygen atoms in total. The fourth-order valence-corrected chi connectivity index (χ4v) is 8.42. The molecule has 8 heteroatoms. The van der Waals surface area contributed by atoms with Gasteiger partial charge in [-0.1, -0.05) is 48.5 Å². The Kier molecular flexibility index (Phi) is 7.92. The number of likely N-dealkylation sites (N-methyl/N-ethyl adjacent to an activating group) is 1. The fraction of sp³-hybridized carbons (Fsp3) is 0.862. The van der Waals surface area contributed by atoms with Crippen LogP contribution in [0.3, 0.4) is 0 Å². The van der Waals surface area contributed by atoms with E-state index in [-0.39, 0.29) is 24.5 Å². The molecule has 0 spiro atoms. The maximum absolute atomic E-state index is 14.5. The van der Waals surface area contributed by atoms with Crippen LogP contribution in [0.5, 0.6) is 0 Å². The normalized spacial score (nSPS) is 45.4. The summed E-state index contributed by atoms with van der Waals surface area (Å²) in [5.74, 6) is -3.01. The third kappa shape index (κ3) is 4.05. The van der Waals surface area contributed by atoms with Gasteiger partial charge in [0.2, 0.25) is 0 Å². The van der Waals surface area contributed by atoms with Gasteiger partial charge in [0.1, 0.15) is 11.9 Å². The second-order valence-corrected chi connectivity index (χ2v) is 12.9. The summed E-state index contributed by atoms with van der Waals surface area (Å²) in [6, 6.07) is -0.529. The zero-order valence-corrected chi connectivity index (χ0v) is 24.3. The number of carbonyl (C=O) groups excluding carboxylic acids is 2. The molecule has 0 aromatic carbocycles. The number of esters is 1. The monoisotopic (exact) mass is 523 g/mol. The number of hydrogen-bond donors (Lipinski definition) is 5. The van der Waals surface area contributed by atoms with Gasteiger partial charge in [0, 0.05) is 35.1 Å². The van der Waals surface area contributed by atoms with Gasteiger partial charge < -0.3 is 30.5 Å². The summed E-state index contributed by atoms with van der Waals surface area (Å²) in [5, 5.41) is 49.0. The lowest BCUT2D eigenvalue weighted by molar-refractivity contribution is -0.251. The lowest BCUT2D eigenvalue weighted by Crippen LogP contribution is -2.72. The Morgan fingerprint density at radius 2 is 1.76 bits per heavy atom. The number of carbonyl (C=O) groups is 2. The van der Waals surface area contributed by atoms with Gasteiger partial charge in [0.05, 0.1) is 17.3 Å². The molecule has 3 aliphatic carbocycles. The van der Waals surface area contributed by atoms with E-state index in [4.69, 9.17) is 4.74 Å². The molecule has 3 aliphatic rings. The van der Waals surface area contributed by atoms with Gasteiger partial charge in [0.25, 0.3) is 0 Å². The summed E-state index contributed by atoms with van der Waals surface area (Å²) in [7, 11) is 1.64. The Balaban J connectivity index is 2.25. The Morgan fingerprint density at radius 3 is 2.27 bits per heavy atom. The minimum Gasteiger partial charge on any atom is -0.456 e. The van der Waals surface area contributed by atoms with Crippen molar-refractivity contribution in [3.63, 3.8) is 0 Å². The van der Waals surface area contributed by atoms with E-state index in [2.05, 4.69) is 5.32 Å². The molecule has 5 N–H and O–H groups in total. The molecule has 2 saturated carbocycles. The maximum Gasteiger partial charge on any atom is 0.337 e. The molecule has 11 atom stereocenters. The van der Waals surface area contributed by atoms with Crippen LogP contribution in [0.4, 0.5) is 0 Å². The number of ether oxygens (including phenoxy) is 1. The van der Waals surface area contributed by atoms with Crippen molar-refractivity contribution in [3.05, 3.63) is 11.1 Å². The first kappa shape index (κ1) is 30.2. The topological polar surface area (TPSA) is 136 Å². The molecule has 0 heterocycles. The largest absolute Gasteiger partial charge is 0.456 e. The van der Waals surface area contributed by atoms with Crippen molar-refractivity contribution in [1.29, 1.82) is 0 Å². The van der Waals surface area contributed by atoms with Crippen molar-refractivity contribution in [2.75, 3.05) is 7.05 Å². The average molecular weight is 524 g/mol. The van der Waals surface area contributed by atoms with E-state index in [1.165, 1.54) is 0 Å². The standard InChI is InChI=1S/C29H49NO7/c1-11-28(35)20(31)12-14(2)27(9)23(28)17(5)29(36)13-19(37-25(34)22(32)18(6)30-10)15(3)21(26(29,7)8)16(4)24(27)33/h14,16-20,22-23,30-32,35-36H,11-13H2,1-10H3/t14-,16+,17?,18?,19?,20?,22?,23?,27+,28?,29?/m0/s1. The first-order valence-electron chi connectivity index (χ1n) is 13.8. The molecule has 0 aromatic rings. The highest BCUT2D eigenvalue weighted by molar-refractivity contribution is 5.90. The molecule has 37 heavy (non-hydrogen) atoms. The lowest BCUT2D eigenvalue weighted by Gasteiger charge is -2.65. The van der Waals surface area contributed by atoms with Gasteiger partial charge in [0.15, 0.2) is 6.10 Å². The van der Waals surface area contributed by atoms with Crippen LogP contribution < -0.4 is 5.32 Å². The Hall–Kier alpha value is -1.32. The first-order valence-corrected chi connectivity index (χ1v) is 13.8. The van der Waals surface area contributed by atoms with Crippen molar-refractivity contribution < 1.29 is 34.8 Å².